The third kappa shape index (κ3) is 2.50. The SMILES string of the molecule is CCCN(C)c1c(CNC)c(C)nn1C. The summed E-state index contributed by atoms with van der Waals surface area (Å²) in [5.74, 6) is 1.23. The number of nitrogens with zero attached hydrogens (tertiary/aromatic N) is 3. The van der Waals surface area contributed by atoms with E-state index in [-0.39, 0.29) is 0 Å². The predicted molar refractivity (Wildman–Crippen MR) is 64.3 cm³/mol. The van der Waals surface area contributed by atoms with Crippen molar-refractivity contribution in [3.63, 3.8) is 0 Å². The Morgan fingerprint density at radius 2 is 2.13 bits per heavy atom. The van der Waals surface area contributed by atoms with E-state index in [1.165, 1.54) is 11.4 Å². The molecule has 1 rings (SSSR count). The van der Waals surface area contributed by atoms with Crippen molar-refractivity contribution in [2.45, 2.75) is 26.8 Å². The monoisotopic (exact) mass is 210 g/mol. The van der Waals surface area contributed by atoms with Gasteiger partial charge in [-0.15, -0.1) is 0 Å². The van der Waals surface area contributed by atoms with E-state index in [9.17, 15) is 0 Å². The number of hydrogen-bond acceptors (Lipinski definition) is 3. The van der Waals surface area contributed by atoms with Crippen LogP contribution in [0.5, 0.6) is 0 Å². The van der Waals surface area contributed by atoms with Gasteiger partial charge in [-0.2, -0.15) is 5.10 Å². The van der Waals surface area contributed by atoms with Crippen LogP contribution >= 0.6 is 0 Å². The number of nitrogens with one attached hydrogen (secondary N) is 1. The Balaban J connectivity index is 3.02. The topological polar surface area (TPSA) is 33.1 Å². The van der Waals surface area contributed by atoms with Crippen LogP contribution in [0.2, 0.25) is 0 Å². The van der Waals surface area contributed by atoms with Crippen molar-refractivity contribution in [3.8, 4) is 0 Å². The van der Waals surface area contributed by atoms with E-state index in [2.05, 4.69) is 36.2 Å². The number of aromatic nitrogens is 2. The fraction of sp³-hybridized carbons (Fsp3) is 0.727. The van der Waals surface area contributed by atoms with Gasteiger partial charge < -0.3 is 10.2 Å². The molecular weight excluding hydrogens is 188 g/mol. The highest BCUT2D eigenvalue weighted by Gasteiger charge is 2.15. The van der Waals surface area contributed by atoms with Crippen LogP contribution in [0.4, 0.5) is 5.82 Å². The zero-order valence-corrected chi connectivity index (χ0v) is 10.5. The average molecular weight is 210 g/mol. The lowest BCUT2D eigenvalue weighted by molar-refractivity contribution is 0.717. The first-order valence-electron chi connectivity index (χ1n) is 5.50. The molecule has 0 saturated carbocycles. The summed E-state index contributed by atoms with van der Waals surface area (Å²) in [7, 11) is 6.10. The van der Waals surface area contributed by atoms with Crippen molar-refractivity contribution >= 4 is 5.82 Å². The molecule has 4 heteroatoms. The van der Waals surface area contributed by atoms with Crippen LogP contribution in [-0.2, 0) is 13.6 Å². The molecule has 4 nitrogen and oxygen atoms in total. The summed E-state index contributed by atoms with van der Waals surface area (Å²) in [4.78, 5) is 2.27. The summed E-state index contributed by atoms with van der Waals surface area (Å²) in [5.41, 5.74) is 2.42. The number of anilines is 1. The van der Waals surface area contributed by atoms with E-state index in [0.29, 0.717) is 0 Å². The van der Waals surface area contributed by atoms with Gasteiger partial charge in [0.2, 0.25) is 0 Å². The van der Waals surface area contributed by atoms with E-state index in [1.807, 2.05) is 18.8 Å². The fourth-order valence-corrected chi connectivity index (χ4v) is 1.99. The fourth-order valence-electron chi connectivity index (χ4n) is 1.99. The lowest BCUT2D eigenvalue weighted by atomic mass is 10.2. The molecule has 0 bridgehead atoms. The van der Waals surface area contributed by atoms with Crippen molar-refractivity contribution in [3.05, 3.63) is 11.3 Å². The Kier molecular flexibility index (Phi) is 4.15. The molecule has 0 radical (unpaired) electrons. The minimum absolute atomic E-state index is 0.878. The highest BCUT2D eigenvalue weighted by molar-refractivity contribution is 5.49. The van der Waals surface area contributed by atoms with E-state index in [1.54, 1.807) is 0 Å². The molecule has 0 amide bonds. The zero-order chi connectivity index (χ0) is 11.4. The smallest absolute Gasteiger partial charge is 0.131 e. The Bertz CT molecular complexity index is 317. The van der Waals surface area contributed by atoms with Crippen molar-refractivity contribution in [1.82, 2.24) is 15.1 Å². The van der Waals surface area contributed by atoms with E-state index < -0.39 is 0 Å². The third-order valence-corrected chi connectivity index (χ3v) is 2.59. The first-order valence-corrected chi connectivity index (χ1v) is 5.50. The molecule has 0 aromatic carbocycles. The molecule has 15 heavy (non-hydrogen) atoms. The lowest BCUT2D eigenvalue weighted by Gasteiger charge is -2.20. The van der Waals surface area contributed by atoms with Crippen molar-refractivity contribution < 1.29 is 0 Å². The molecule has 0 aliphatic rings. The number of hydrogen-bond donors (Lipinski definition) is 1. The molecule has 0 aliphatic heterocycles. The molecule has 0 spiro atoms. The molecular formula is C11H22N4. The van der Waals surface area contributed by atoms with E-state index in [0.717, 1.165) is 25.2 Å². The largest absolute Gasteiger partial charge is 0.360 e. The second-order valence-electron chi connectivity index (χ2n) is 3.96. The van der Waals surface area contributed by atoms with Gasteiger partial charge in [0.25, 0.3) is 0 Å². The zero-order valence-electron chi connectivity index (χ0n) is 10.5. The molecule has 1 N–H and O–H groups in total. The Labute approximate surface area is 92.3 Å². The van der Waals surface area contributed by atoms with Gasteiger partial charge >= 0.3 is 0 Å². The van der Waals surface area contributed by atoms with Crippen molar-refractivity contribution in [2.24, 2.45) is 7.05 Å². The van der Waals surface area contributed by atoms with Crippen LogP contribution in [0.3, 0.4) is 0 Å². The maximum Gasteiger partial charge on any atom is 0.131 e. The molecule has 0 aliphatic carbocycles. The molecule has 0 saturated heterocycles. The van der Waals surface area contributed by atoms with Gasteiger partial charge in [0.05, 0.1) is 5.69 Å². The van der Waals surface area contributed by atoms with Crippen LogP contribution in [0, 0.1) is 6.92 Å². The summed E-state index contributed by atoms with van der Waals surface area (Å²) >= 11 is 0. The van der Waals surface area contributed by atoms with Crippen molar-refractivity contribution in [2.75, 3.05) is 25.5 Å². The average Bonchev–Trinajstić information content (AvgIpc) is 2.43. The molecule has 0 atom stereocenters. The molecule has 0 unspecified atom stereocenters. The van der Waals surface area contributed by atoms with Gasteiger partial charge in [0.15, 0.2) is 0 Å². The normalized spacial score (nSPS) is 10.7. The number of aryl methyl sites for hydroxylation is 2. The summed E-state index contributed by atoms with van der Waals surface area (Å²) < 4.78 is 1.97. The Hall–Kier alpha value is -1.03. The molecule has 86 valence electrons. The van der Waals surface area contributed by atoms with E-state index in [4.69, 9.17) is 0 Å². The summed E-state index contributed by atoms with van der Waals surface area (Å²) in [6.45, 7) is 6.20. The summed E-state index contributed by atoms with van der Waals surface area (Å²) in [5, 5.41) is 7.66. The summed E-state index contributed by atoms with van der Waals surface area (Å²) in [6, 6.07) is 0. The molecule has 1 aromatic heterocycles. The predicted octanol–water partition coefficient (Wildman–Crippen LogP) is 1.29. The Morgan fingerprint density at radius 3 is 2.67 bits per heavy atom. The lowest BCUT2D eigenvalue weighted by Crippen LogP contribution is -2.23. The van der Waals surface area contributed by atoms with Gasteiger partial charge in [-0.25, -0.2) is 0 Å². The highest BCUT2D eigenvalue weighted by atomic mass is 15.4. The van der Waals surface area contributed by atoms with Crippen LogP contribution in [0.1, 0.15) is 24.6 Å². The summed E-state index contributed by atoms with van der Waals surface area (Å²) in [6.07, 6.45) is 1.15. The maximum absolute atomic E-state index is 4.47. The van der Waals surface area contributed by atoms with Gasteiger partial charge in [-0.1, -0.05) is 6.92 Å². The second-order valence-corrected chi connectivity index (χ2v) is 3.96. The first kappa shape index (κ1) is 12.0. The van der Waals surface area contributed by atoms with Crippen molar-refractivity contribution in [1.29, 1.82) is 0 Å². The Morgan fingerprint density at radius 1 is 1.47 bits per heavy atom. The van der Waals surface area contributed by atoms with Crippen LogP contribution in [0.25, 0.3) is 0 Å². The van der Waals surface area contributed by atoms with Crippen LogP contribution in [0.15, 0.2) is 0 Å². The second kappa shape index (κ2) is 5.16. The molecule has 0 fully saturated rings. The minimum Gasteiger partial charge on any atom is -0.360 e. The van der Waals surface area contributed by atoms with Gasteiger partial charge in [0.1, 0.15) is 5.82 Å². The molecule has 1 heterocycles. The standard InChI is InChI=1S/C11H22N4/c1-6-7-14(4)11-10(8-12-3)9(2)13-15(11)5/h12H,6-8H2,1-5H3. The first-order chi connectivity index (χ1) is 7.11. The van der Waals surface area contributed by atoms with E-state index >= 15 is 0 Å². The number of rotatable bonds is 5. The minimum atomic E-state index is 0.878. The quantitative estimate of drug-likeness (QED) is 0.795. The van der Waals surface area contributed by atoms with Crippen LogP contribution in [-0.4, -0.2) is 30.4 Å². The van der Waals surface area contributed by atoms with Crippen LogP contribution < -0.4 is 10.2 Å². The van der Waals surface area contributed by atoms with Gasteiger partial charge in [-0.3, -0.25) is 4.68 Å². The highest BCUT2D eigenvalue weighted by Crippen LogP contribution is 2.21. The van der Waals surface area contributed by atoms with Gasteiger partial charge in [-0.05, 0) is 20.4 Å². The third-order valence-electron chi connectivity index (χ3n) is 2.59. The molecule has 1 aromatic rings. The van der Waals surface area contributed by atoms with Gasteiger partial charge in [0, 0.05) is 32.7 Å². The maximum atomic E-state index is 4.47.